The van der Waals surface area contributed by atoms with Crippen molar-refractivity contribution in [2.45, 2.75) is 12.8 Å². The van der Waals surface area contributed by atoms with Gasteiger partial charge < -0.3 is 9.90 Å². The largest absolute Gasteiger partial charge is 0.550 e. The summed E-state index contributed by atoms with van der Waals surface area (Å²) in [6.45, 7) is 5.03. The lowest BCUT2D eigenvalue weighted by Crippen LogP contribution is -2.48. The number of aromatic amines is 1. The van der Waals surface area contributed by atoms with Crippen molar-refractivity contribution in [3.05, 3.63) is 40.5 Å². The lowest BCUT2D eigenvalue weighted by molar-refractivity contribution is -0.364. The number of hydrogen-bond donors (Lipinski definition) is 0. The number of anilines is 1. The van der Waals surface area contributed by atoms with Gasteiger partial charge in [-0.3, -0.25) is 9.80 Å². The molecular weight excluding hydrogens is 312 g/mol. The molecule has 2 aromatic heterocycles. The first-order valence-corrected chi connectivity index (χ1v) is 8.66. The third-order valence-corrected chi connectivity index (χ3v) is 4.93. The molecule has 0 aromatic carbocycles. The summed E-state index contributed by atoms with van der Waals surface area (Å²) in [7, 11) is 0. The third-order valence-electron chi connectivity index (χ3n) is 3.97. The summed E-state index contributed by atoms with van der Waals surface area (Å²) in [5.74, 6) is 0.0923. The summed E-state index contributed by atoms with van der Waals surface area (Å²) < 4.78 is 0. The van der Waals surface area contributed by atoms with E-state index in [1.54, 1.807) is 0 Å². The van der Waals surface area contributed by atoms with Crippen molar-refractivity contribution in [2.24, 2.45) is 0 Å². The molecule has 2 aromatic rings. The average molecular weight is 332 g/mol. The molecule has 0 unspecified atom stereocenters. The second kappa shape index (κ2) is 7.52. The van der Waals surface area contributed by atoms with Gasteiger partial charge in [0.15, 0.2) is 0 Å². The van der Waals surface area contributed by atoms with E-state index in [9.17, 15) is 9.90 Å². The van der Waals surface area contributed by atoms with Crippen LogP contribution < -0.4 is 15.0 Å². The first kappa shape index (κ1) is 15.9. The molecule has 7 heteroatoms. The molecule has 0 spiro atoms. The standard InChI is InChI=1S/C16H20N4O2S/c21-16(22)11-13-12-23-15(18-13)4-6-19-7-9-20(10-8-19)14-3-1-2-5-17-14/h1-3,5,12H,4,6-11H2,(H,21,22). The Bertz CT molecular complexity index is 639. The van der Waals surface area contributed by atoms with Crippen molar-refractivity contribution in [3.63, 3.8) is 0 Å². The van der Waals surface area contributed by atoms with Crippen LogP contribution in [-0.4, -0.2) is 48.6 Å². The van der Waals surface area contributed by atoms with Gasteiger partial charge in [-0.25, -0.2) is 9.97 Å². The zero-order chi connectivity index (χ0) is 16.1. The Morgan fingerprint density at radius 3 is 2.83 bits per heavy atom. The number of aromatic nitrogens is 2. The quantitative estimate of drug-likeness (QED) is 0.721. The van der Waals surface area contributed by atoms with Crippen LogP contribution >= 0.6 is 11.3 Å². The molecule has 0 atom stereocenters. The van der Waals surface area contributed by atoms with E-state index in [1.165, 1.54) is 17.2 Å². The summed E-state index contributed by atoms with van der Waals surface area (Å²) in [4.78, 5) is 23.0. The lowest BCUT2D eigenvalue weighted by atomic mass is 10.3. The summed E-state index contributed by atoms with van der Waals surface area (Å²) in [5.41, 5.74) is 0.606. The molecule has 3 heterocycles. The van der Waals surface area contributed by atoms with E-state index in [1.807, 2.05) is 23.7 Å². The number of carboxylic acids is 1. The molecule has 6 nitrogen and oxygen atoms in total. The van der Waals surface area contributed by atoms with Gasteiger partial charge >= 0.3 is 0 Å². The molecule has 3 rings (SSSR count). The topological polar surface area (TPSA) is 73.6 Å². The second-order valence-electron chi connectivity index (χ2n) is 5.61. The van der Waals surface area contributed by atoms with Crippen molar-refractivity contribution in [1.82, 2.24) is 9.88 Å². The van der Waals surface area contributed by atoms with Crippen LogP contribution in [-0.2, 0) is 17.6 Å². The first-order valence-electron chi connectivity index (χ1n) is 7.78. The molecule has 0 bridgehead atoms. The van der Waals surface area contributed by atoms with Crippen LogP contribution in [0.3, 0.4) is 0 Å². The zero-order valence-electron chi connectivity index (χ0n) is 12.9. The number of carbonyl (C=O) groups is 1. The van der Waals surface area contributed by atoms with Gasteiger partial charge in [-0.15, -0.1) is 11.3 Å². The van der Waals surface area contributed by atoms with Crippen molar-refractivity contribution in [1.29, 1.82) is 0 Å². The van der Waals surface area contributed by atoms with Crippen LogP contribution in [0.4, 0.5) is 5.82 Å². The summed E-state index contributed by atoms with van der Waals surface area (Å²) in [5, 5.41) is 13.4. The Morgan fingerprint density at radius 2 is 2.13 bits per heavy atom. The number of thiazole rings is 1. The van der Waals surface area contributed by atoms with Crippen LogP contribution in [0.2, 0.25) is 0 Å². The van der Waals surface area contributed by atoms with Gasteiger partial charge in [0, 0.05) is 49.9 Å². The summed E-state index contributed by atoms with van der Waals surface area (Å²) in [6, 6.07) is 6.14. The van der Waals surface area contributed by atoms with E-state index in [-0.39, 0.29) is 6.42 Å². The van der Waals surface area contributed by atoms with E-state index >= 15 is 0 Å². The predicted octanol–water partition coefficient (Wildman–Crippen LogP) is -0.386. The van der Waals surface area contributed by atoms with Crippen molar-refractivity contribution in [3.8, 4) is 0 Å². The van der Waals surface area contributed by atoms with Gasteiger partial charge in [-0.2, -0.15) is 0 Å². The molecule has 0 aliphatic carbocycles. The van der Waals surface area contributed by atoms with Gasteiger partial charge in [0.05, 0.1) is 30.0 Å². The van der Waals surface area contributed by atoms with Gasteiger partial charge in [0.25, 0.3) is 5.82 Å². The van der Waals surface area contributed by atoms with Gasteiger partial charge in [-0.05, 0) is 6.07 Å². The molecule has 1 N–H and O–H groups in total. The Labute approximate surface area is 139 Å². The maximum atomic E-state index is 10.6. The third kappa shape index (κ3) is 4.49. The average Bonchev–Trinajstić information content (AvgIpc) is 3.01. The number of hydrogen-bond acceptors (Lipinski definition) is 6. The zero-order valence-corrected chi connectivity index (χ0v) is 13.7. The number of piperazine rings is 1. The fourth-order valence-electron chi connectivity index (χ4n) is 2.74. The van der Waals surface area contributed by atoms with Gasteiger partial charge in [0.1, 0.15) is 0 Å². The van der Waals surface area contributed by atoms with E-state index in [4.69, 9.17) is 0 Å². The predicted molar refractivity (Wildman–Crippen MR) is 86.2 cm³/mol. The number of aliphatic carboxylic acids is 1. The Morgan fingerprint density at radius 1 is 1.30 bits per heavy atom. The van der Waals surface area contributed by atoms with E-state index < -0.39 is 5.97 Å². The molecule has 0 amide bonds. The highest BCUT2D eigenvalue weighted by Gasteiger charge is 2.22. The van der Waals surface area contributed by atoms with Crippen molar-refractivity contribution in [2.75, 3.05) is 37.6 Å². The highest BCUT2D eigenvalue weighted by atomic mass is 32.1. The van der Waals surface area contributed by atoms with E-state index in [2.05, 4.69) is 25.8 Å². The number of carboxylic acid groups (broad SMARTS) is 1. The molecule has 1 saturated heterocycles. The number of H-pyrrole nitrogens is 1. The van der Waals surface area contributed by atoms with Crippen molar-refractivity contribution >= 4 is 23.1 Å². The fourth-order valence-corrected chi connectivity index (χ4v) is 3.53. The monoisotopic (exact) mass is 332 g/mol. The van der Waals surface area contributed by atoms with Crippen LogP contribution in [0.1, 0.15) is 10.7 Å². The number of rotatable bonds is 6. The van der Waals surface area contributed by atoms with Crippen molar-refractivity contribution < 1.29 is 14.9 Å². The molecule has 1 aliphatic heterocycles. The lowest BCUT2D eigenvalue weighted by Gasteiger charge is -2.30. The smallest absolute Gasteiger partial charge is 0.274 e. The molecule has 0 saturated carbocycles. The SMILES string of the molecule is O=C([O-])Cc1csc(CCN2CCN(c3cccc[nH+]3)CC2)n1. The highest BCUT2D eigenvalue weighted by Crippen LogP contribution is 2.13. The minimum Gasteiger partial charge on any atom is -0.550 e. The fraction of sp³-hybridized carbons (Fsp3) is 0.438. The minimum absolute atomic E-state index is 0.0945. The van der Waals surface area contributed by atoms with Crippen LogP contribution in [0.25, 0.3) is 0 Å². The van der Waals surface area contributed by atoms with Gasteiger partial charge in [0.2, 0.25) is 0 Å². The molecule has 1 fully saturated rings. The molecule has 1 aliphatic rings. The summed E-state index contributed by atoms with van der Waals surface area (Å²) in [6.07, 6.45) is 2.73. The normalized spacial score (nSPS) is 15.7. The number of nitrogens with one attached hydrogen (secondary N) is 1. The number of nitrogens with zero attached hydrogens (tertiary/aromatic N) is 3. The number of carbonyl (C=O) groups excluding carboxylic acids is 1. The van der Waals surface area contributed by atoms with Crippen LogP contribution in [0.15, 0.2) is 29.8 Å². The minimum atomic E-state index is -1.07. The van der Waals surface area contributed by atoms with Crippen LogP contribution in [0, 0.1) is 0 Å². The van der Waals surface area contributed by atoms with E-state index in [0.717, 1.165) is 44.2 Å². The molecule has 23 heavy (non-hydrogen) atoms. The van der Waals surface area contributed by atoms with Gasteiger partial charge in [-0.1, -0.05) is 6.07 Å². The maximum absolute atomic E-state index is 10.6. The highest BCUT2D eigenvalue weighted by molar-refractivity contribution is 7.09. The second-order valence-corrected chi connectivity index (χ2v) is 6.55. The Balaban J connectivity index is 1.44. The summed E-state index contributed by atoms with van der Waals surface area (Å²) >= 11 is 1.53. The Hall–Kier alpha value is -1.99. The Kier molecular flexibility index (Phi) is 5.19. The first-order chi connectivity index (χ1) is 11.2. The van der Waals surface area contributed by atoms with E-state index in [0.29, 0.717) is 5.69 Å². The molecular formula is C16H20N4O2S. The molecule has 0 radical (unpaired) electrons. The maximum Gasteiger partial charge on any atom is 0.274 e. The molecule has 122 valence electrons. The van der Waals surface area contributed by atoms with Crippen LogP contribution in [0.5, 0.6) is 0 Å². The number of pyridine rings is 1.